The van der Waals surface area contributed by atoms with Crippen LogP contribution in [0, 0.1) is 0 Å². The molecule has 0 bridgehead atoms. The van der Waals surface area contributed by atoms with Crippen LogP contribution in [0.4, 0.5) is 0 Å². The van der Waals surface area contributed by atoms with E-state index in [1.807, 2.05) is 0 Å². The predicted octanol–water partition coefficient (Wildman–Crippen LogP) is -0.522. The van der Waals surface area contributed by atoms with Crippen LogP contribution in [0.2, 0.25) is 0 Å². The molecule has 0 rings (SSSR count). The van der Waals surface area contributed by atoms with Gasteiger partial charge >= 0.3 is 35.7 Å². The first-order valence-corrected chi connectivity index (χ1v) is 3.78. The van der Waals surface area contributed by atoms with Gasteiger partial charge < -0.3 is 0 Å². The minimum absolute atomic E-state index is 0.0764. The van der Waals surface area contributed by atoms with E-state index < -0.39 is 7.94 Å². The van der Waals surface area contributed by atoms with E-state index in [-0.39, 0.29) is 6.16 Å². The molecular weight excluding hydrogens is 103 g/mol. The molecule has 0 aliphatic carbocycles. The topological polar surface area (TPSA) is 60.7 Å². The van der Waals surface area contributed by atoms with E-state index in [0.717, 1.165) is 0 Å². The Labute approximate surface area is 36.8 Å². The fraction of sp³-hybridized carbons (Fsp3) is 1.00. The number of hydrogen-bond acceptors (Lipinski definition) is 3. The summed E-state index contributed by atoms with van der Waals surface area (Å²) in [7, 11) is -3.63. The van der Waals surface area contributed by atoms with Gasteiger partial charge in [-0.15, -0.1) is 0 Å². The molecule has 0 amide bonds. The van der Waals surface area contributed by atoms with Crippen molar-refractivity contribution in [3.05, 3.63) is 0 Å². The average molecular weight is 112 g/mol. The first-order chi connectivity index (χ1) is 2.56. The Morgan fingerprint density at radius 3 is 1.50 bits per heavy atom. The molecule has 40 valence electrons. The molecule has 0 heterocycles. The summed E-state index contributed by atoms with van der Waals surface area (Å²) in [5.41, 5.74) is 0. The molecule has 0 aliphatic heterocycles. The minimum atomic E-state index is -3.63. The molecule has 0 aromatic carbocycles. The van der Waals surface area contributed by atoms with E-state index in [0.29, 0.717) is 0 Å². The molecule has 0 saturated carbocycles. The molecular formula is C2H9O3P. The first-order valence-electron chi connectivity index (χ1n) is 1.73. The van der Waals surface area contributed by atoms with Crippen LogP contribution < -0.4 is 0 Å². The molecule has 0 spiro atoms. The van der Waals surface area contributed by atoms with Gasteiger partial charge in [-0.2, -0.15) is 0 Å². The molecule has 6 heavy (non-hydrogen) atoms. The Morgan fingerprint density at radius 2 is 1.50 bits per heavy atom. The van der Waals surface area contributed by atoms with E-state index in [1.165, 1.54) is 6.92 Å². The van der Waals surface area contributed by atoms with Gasteiger partial charge in [-0.3, -0.25) is 0 Å². The van der Waals surface area contributed by atoms with Crippen LogP contribution >= 0.6 is 7.94 Å². The zero-order valence-electron chi connectivity index (χ0n) is 3.55. The molecule has 0 atom stereocenters. The van der Waals surface area contributed by atoms with E-state index in [9.17, 15) is 0 Å². The van der Waals surface area contributed by atoms with Gasteiger partial charge in [0.05, 0.1) is 0 Å². The quantitative estimate of drug-likeness (QED) is 0.400. The van der Waals surface area contributed by atoms with Crippen LogP contribution in [0.3, 0.4) is 0 Å². The van der Waals surface area contributed by atoms with Crippen LogP contribution in [-0.4, -0.2) is 20.8 Å². The number of hydrogen-bond donors (Lipinski definition) is 3. The van der Waals surface area contributed by atoms with Crippen molar-refractivity contribution in [1.29, 1.82) is 0 Å². The Kier molecular flexibility index (Phi) is 1.94. The van der Waals surface area contributed by atoms with Gasteiger partial charge in [-0.05, 0) is 0 Å². The monoisotopic (exact) mass is 112 g/mol. The summed E-state index contributed by atoms with van der Waals surface area (Å²) < 4.78 is 0. The molecule has 0 unspecified atom stereocenters. The zero-order chi connectivity index (χ0) is 5.21. The third-order valence-electron chi connectivity index (χ3n) is 0.474. The SMILES string of the molecule is CC[PH](O)(O)O. The van der Waals surface area contributed by atoms with Crippen molar-refractivity contribution >= 4 is 7.94 Å². The van der Waals surface area contributed by atoms with Gasteiger partial charge in [-0.1, -0.05) is 0 Å². The summed E-state index contributed by atoms with van der Waals surface area (Å²) in [6, 6.07) is 0. The van der Waals surface area contributed by atoms with Gasteiger partial charge in [0.1, 0.15) is 0 Å². The van der Waals surface area contributed by atoms with Crippen LogP contribution in [0.15, 0.2) is 0 Å². The summed E-state index contributed by atoms with van der Waals surface area (Å²) in [5.74, 6) is 0. The second-order valence-electron chi connectivity index (χ2n) is 1.13. The summed E-state index contributed by atoms with van der Waals surface area (Å²) in [5, 5.41) is 0. The molecule has 3 nitrogen and oxygen atoms in total. The van der Waals surface area contributed by atoms with Crippen molar-refractivity contribution in [2.75, 3.05) is 6.16 Å². The molecule has 0 fully saturated rings. The molecule has 4 heteroatoms. The summed E-state index contributed by atoms with van der Waals surface area (Å²) in [4.78, 5) is 24.2. The van der Waals surface area contributed by atoms with E-state index in [4.69, 9.17) is 14.7 Å². The standard InChI is InChI=1S/C2H9O3P/c1-2-6(3,4)5/h3-6H,2H2,1H3. The third kappa shape index (κ3) is 4.31. The first kappa shape index (κ1) is 6.31. The van der Waals surface area contributed by atoms with Crippen molar-refractivity contribution in [1.82, 2.24) is 0 Å². The molecule has 0 radical (unpaired) electrons. The van der Waals surface area contributed by atoms with E-state index >= 15 is 0 Å². The molecule has 3 N–H and O–H groups in total. The van der Waals surface area contributed by atoms with E-state index in [2.05, 4.69) is 0 Å². The van der Waals surface area contributed by atoms with Crippen LogP contribution in [0.1, 0.15) is 6.92 Å². The van der Waals surface area contributed by atoms with Crippen LogP contribution in [0.5, 0.6) is 0 Å². The molecule has 0 aromatic rings. The average Bonchev–Trinajstić information content (AvgIpc) is 1.35. The van der Waals surface area contributed by atoms with Gasteiger partial charge in [0, 0.05) is 0 Å². The summed E-state index contributed by atoms with van der Waals surface area (Å²) in [6.45, 7) is 1.52. The second kappa shape index (κ2) is 1.85. The zero-order valence-corrected chi connectivity index (χ0v) is 4.55. The van der Waals surface area contributed by atoms with E-state index in [1.54, 1.807) is 0 Å². The summed E-state index contributed by atoms with van der Waals surface area (Å²) in [6.07, 6.45) is 0.0764. The molecule has 0 saturated heterocycles. The van der Waals surface area contributed by atoms with Crippen LogP contribution in [-0.2, 0) is 0 Å². The Balaban J connectivity index is 3.17. The van der Waals surface area contributed by atoms with Crippen molar-refractivity contribution in [2.24, 2.45) is 0 Å². The second-order valence-corrected chi connectivity index (χ2v) is 3.38. The Hall–Kier alpha value is 0.310. The van der Waals surface area contributed by atoms with Gasteiger partial charge in [0.2, 0.25) is 0 Å². The Morgan fingerprint density at radius 1 is 1.33 bits per heavy atom. The predicted molar refractivity (Wildman–Crippen MR) is 25.5 cm³/mol. The fourth-order valence-electron chi connectivity index (χ4n) is 0. The van der Waals surface area contributed by atoms with Gasteiger partial charge in [0.25, 0.3) is 0 Å². The third-order valence-corrected chi connectivity index (χ3v) is 1.42. The van der Waals surface area contributed by atoms with Crippen molar-refractivity contribution in [2.45, 2.75) is 6.92 Å². The maximum absolute atomic E-state index is 8.08. The van der Waals surface area contributed by atoms with Gasteiger partial charge in [0.15, 0.2) is 0 Å². The van der Waals surface area contributed by atoms with Gasteiger partial charge in [-0.25, -0.2) is 0 Å². The van der Waals surface area contributed by atoms with Crippen LogP contribution in [0.25, 0.3) is 0 Å². The maximum atomic E-state index is 8.08. The van der Waals surface area contributed by atoms with Crippen molar-refractivity contribution < 1.29 is 14.7 Å². The number of rotatable bonds is 1. The van der Waals surface area contributed by atoms with Crippen molar-refractivity contribution in [3.63, 3.8) is 0 Å². The molecule has 0 aromatic heterocycles. The Bertz CT molecular complexity index is 38.5. The summed E-state index contributed by atoms with van der Waals surface area (Å²) >= 11 is 0. The van der Waals surface area contributed by atoms with Crippen molar-refractivity contribution in [3.8, 4) is 0 Å². The fourth-order valence-corrected chi connectivity index (χ4v) is 0. The normalized spacial score (nSPS) is 14.7. The molecule has 0 aliphatic rings.